The molecule has 118 valence electrons. The highest BCUT2D eigenvalue weighted by Gasteiger charge is 2.33. The molecule has 0 spiro atoms. The predicted molar refractivity (Wildman–Crippen MR) is 89.9 cm³/mol. The van der Waals surface area contributed by atoms with Crippen molar-refractivity contribution in [3.05, 3.63) is 34.1 Å². The lowest BCUT2D eigenvalue weighted by Crippen LogP contribution is -2.62. The molecule has 2 rings (SSSR count). The molecule has 0 aliphatic carbocycles. The van der Waals surface area contributed by atoms with Crippen molar-refractivity contribution in [2.24, 2.45) is 0 Å². The van der Waals surface area contributed by atoms with Gasteiger partial charge < -0.3 is 5.32 Å². The number of halogens is 2. The molecule has 4 heteroatoms. The summed E-state index contributed by atoms with van der Waals surface area (Å²) in [5, 5.41) is 3.69. The summed E-state index contributed by atoms with van der Waals surface area (Å²) >= 11 is 3.39. The molecule has 0 bridgehead atoms. The second-order valence-corrected chi connectivity index (χ2v) is 7.34. The van der Waals surface area contributed by atoms with Gasteiger partial charge in [-0.25, -0.2) is 4.39 Å². The van der Waals surface area contributed by atoms with E-state index in [2.05, 4.69) is 46.9 Å². The molecular formula is C17H26BrFN2. The highest BCUT2D eigenvalue weighted by molar-refractivity contribution is 9.10. The van der Waals surface area contributed by atoms with E-state index in [9.17, 15) is 4.39 Å². The minimum absolute atomic E-state index is 0.162. The zero-order valence-electron chi connectivity index (χ0n) is 13.3. The van der Waals surface area contributed by atoms with Crippen LogP contribution in [0.2, 0.25) is 0 Å². The first-order valence-corrected chi connectivity index (χ1v) is 8.69. The van der Waals surface area contributed by atoms with E-state index in [-0.39, 0.29) is 11.4 Å². The molecule has 1 aliphatic rings. The Balaban J connectivity index is 2.15. The Morgan fingerprint density at radius 2 is 2.14 bits per heavy atom. The van der Waals surface area contributed by atoms with E-state index < -0.39 is 0 Å². The molecule has 0 amide bonds. The lowest BCUT2D eigenvalue weighted by Gasteiger charge is -2.46. The highest BCUT2D eigenvalue weighted by Crippen LogP contribution is 2.24. The van der Waals surface area contributed by atoms with Gasteiger partial charge in [0.1, 0.15) is 5.82 Å². The fourth-order valence-electron chi connectivity index (χ4n) is 3.10. The van der Waals surface area contributed by atoms with Crippen LogP contribution in [-0.2, 0) is 6.54 Å². The van der Waals surface area contributed by atoms with Crippen LogP contribution in [-0.4, -0.2) is 29.6 Å². The van der Waals surface area contributed by atoms with E-state index in [1.54, 1.807) is 6.07 Å². The molecule has 0 radical (unpaired) electrons. The minimum Gasteiger partial charge on any atom is -0.309 e. The van der Waals surface area contributed by atoms with Gasteiger partial charge in [-0.15, -0.1) is 0 Å². The van der Waals surface area contributed by atoms with E-state index in [1.165, 1.54) is 18.9 Å². The maximum Gasteiger partial charge on any atom is 0.124 e. The van der Waals surface area contributed by atoms with Crippen LogP contribution in [0.3, 0.4) is 0 Å². The third-order valence-corrected chi connectivity index (χ3v) is 5.00. The fourth-order valence-corrected chi connectivity index (χ4v) is 3.62. The first-order chi connectivity index (χ1) is 9.95. The molecule has 2 nitrogen and oxygen atoms in total. The van der Waals surface area contributed by atoms with Gasteiger partial charge in [0, 0.05) is 35.7 Å². The molecule has 1 aromatic carbocycles. The average Bonchev–Trinajstić information content (AvgIpc) is 2.41. The minimum atomic E-state index is -0.167. The predicted octanol–water partition coefficient (Wildman–Crippen LogP) is 4.33. The highest BCUT2D eigenvalue weighted by atomic mass is 79.9. The summed E-state index contributed by atoms with van der Waals surface area (Å²) < 4.78 is 14.4. The topological polar surface area (TPSA) is 15.3 Å². The van der Waals surface area contributed by atoms with Gasteiger partial charge in [-0.3, -0.25) is 4.90 Å². The number of piperazine rings is 1. The van der Waals surface area contributed by atoms with Gasteiger partial charge in [0.15, 0.2) is 0 Å². The Labute approximate surface area is 136 Å². The van der Waals surface area contributed by atoms with Crippen molar-refractivity contribution in [1.29, 1.82) is 0 Å². The lowest BCUT2D eigenvalue weighted by atomic mass is 9.92. The monoisotopic (exact) mass is 356 g/mol. The Hall–Kier alpha value is -0.450. The number of nitrogens with one attached hydrogen (secondary N) is 1. The lowest BCUT2D eigenvalue weighted by molar-refractivity contribution is 0.0725. The van der Waals surface area contributed by atoms with E-state index in [0.717, 1.165) is 36.1 Å². The third-order valence-electron chi connectivity index (χ3n) is 4.54. The Morgan fingerprint density at radius 3 is 2.76 bits per heavy atom. The van der Waals surface area contributed by atoms with E-state index in [0.29, 0.717) is 6.04 Å². The molecule has 0 saturated carbocycles. The van der Waals surface area contributed by atoms with E-state index in [4.69, 9.17) is 0 Å². The number of hydrogen-bond donors (Lipinski definition) is 1. The summed E-state index contributed by atoms with van der Waals surface area (Å²) in [7, 11) is 0. The molecule has 2 atom stereocenters. The molecule has 21 heavy (non-hydrogen) atoms. The summed E-state index contributed by atoms with van der Waals surface area (Å²) in [6.45, 7) is 9.59. The first kappa shape index (κ1) is 16.9. The van der Waals surface area contributed by atoms with Crippen molar-refractivity contribution in [2.45, 2.75) is 58.2 Å². The van der Waals surface area contributed by atoms with Gasteiger partial charge in [-0.05, 0) is 43.5 Å². The standard InChI is InChI=1S/C17H26BrFN2/c1-4-6-16-10-20-17(3,5-2)12-21(16)11-13-7-14(18)9-15(19)8-13/h7-9,16,20H,4-6,10-12H2,1-3H3. The van der Waals surface area contributed by atoms with Gasteiger partial charge in [0.25, 0.3) is 0 Å². The summed E-state index contributed by atoms with van der Waals surface area (Å²) in [6, 6.07) is 5.73. The summed E-state index contributed by atoms with van der Waals surface area (Å²) in [4.78, 5) is 2.52. The van der Waals surface area contributed by atoms with Crippen molar-refractivity contribution in [2.75, 3.05) is 13.1 Å². The molecule has 1 saturated heterocycles. The van der Waals surface area contributed by atoms with Crippen LogP contribution in [0, 0.1) is 5.82 Å². The van der Waals surface area contributed by atoms with Crippen LogP contribution >= 0.6 is 15.9 Å². The summed E-state index contributed by atoms with van der Waals surface area (Å²) in [5.74, 6) is -0.167. The van der Waals surface area contributed by atoms with Gasteiger partial charge in [0.05, 0.1) is 0 Å². The Morgan fingerprint density at radius 1 is 1.38 bits per heavy atom. The number of hydrogen-bond acceptors (Lipinski definition) is 2. The van der Waals surface area contributed by atoms with Crippen molar-refractivity contribution in [3.8, 4) is 0 Å². The molecule has 2 unspecified atom stereocenters. The van der Waals surface area contributed by atoms with Gasteiger partial charge in [-0.1, -0.05) is 36.2 Å². The molecule has 1 heterocycles. The van der Waals surface area contributed by atoms with Crippen LogP contribution in [0.15, 0.2) is 22.7 Å². The van der Waals surface area contributed by atoms with Gasteiger partial charge in [-0.2, -0.15) is 0 Å². The summed E-state index contributed by atoms with van der Waals surface area (Å²) in [5.41, 5.74) is 1.21. The van der Waals surface area contributed by atoms with Crippen molar-refractivity contribution in [1.82, 2.24) is 10.2 Å². The third kappa shape index (κ3) is 4.51. The van der Waals surface area contributed by atoms with Crippen molar-refractivity contribution in [3.63, 3.8) is 0 Å². The zero-order chi connectivity index (χ0) is 15.5. The van der Waals surface area contributed by atoms with E-state index in [1.807, 2.05) is 6.07 Å². The molecule has 1 aromatic rings. The fraction of sp³-hybridized carbons (Fsp3) is 0.647. The van der Waals surface area contributed by atoms with Gasteiger partial charge >= 0.3 is 0 Å². The van der Waals surface area contributed by atoms with Crippen LogP contribution < -0.4 is 5.32 Å². The van der Waals surface area contributed by atoms with Crippen LogP contribution in [0.25, 0.3) is 0 Å². The Kier molecular flexibility index (Phi) is 5.81. The van der Waals surface area contributed by atoms with Crippen molar-refractivity contribution >= 4 is 15.9 Å². The average molecular weight is 357 g/mol. The molecule has 1 aliphatic heterocycles. The van der Waals surface area contributed by atoms with Crippen LogP contribution in [0.5, 0.6) is 0 Å². The molecule has 1 N–H and O–H groups in total. The van der Waals surface area contributed by atoms with Crippen LogP contribution in [0.4, 0.5) is 4.39 Å². The first-order valence-electron chi connectivity index (χ1n) is 7.90. The van der Waals surface area contributed by atoms with Crippen molar-refractivity contribution < 1.29 is 4.39 Å². The smallest absolute Gasteiger partial charge is 0.124 e. The van der Waals surface area contributed by atoms with E-state index >= 15 is 0 Å². The second kappa shape index (κ2) is 7.21. The normalized spacial score (nSPS) is 27.0. The zero-order valence-corrected chi connectivity index (χ0v) is 14.8. The number of rotatable bonds is 5. The molecule has 0 aromatic heterocycles. The number of benzene rings is 1. The van der Waals surface area contributed by atoms with Crippen LogP contribution in [0.1, 0.15) is 45.6 Å². The maximum absolute atomic E-state index is 13.6. The maximum atomic E-state index is 13.6. The molecular weight excluding hydrogens is 331 g/mol. The van der Waals surface area contributed by atoms with Gasteiger partial charge in [0.2, 0.25) is 0 Å². The molecule has 1 fully saturated rings. The quantitative estimate of drug-likeness (QED) is 0.844. The summed E-state index contributed by atoms with van der Waals surface area (Å²) in [6.07, 6.45) is 3.47. The second-order valence-electron chi connectivity index (χ2n) is 6.42. The largest absolute Gasteiger partial charge is 0.309 e. The SMILES string of the molecule is CCCC1CNC(C)(CC)CN1Cc1cc(F)cc(Br)c1. The number of nitrogens with zero attached hydrogens (tertiary/aromatic N) is 1. The Bertz CT molecular complexity index is 460.